The van der Waals surface area contributed by atoms with Crippen molar-refractivity contribution in [2.45, 2.75) is 84.7 Å². The summed E-state index contributed by atoms with van der Waals surface area (Å²) in [4.78, 5) is 0. The highest BCUT2D eigenvalue weighted by molar-refractivity contribution is 4.93. The van der Waals surface area contributed by atoms with E-state index < -0.39 is 0 Å². The zero-order chi connectivity index (χ0) is 13.8. The van der Waals surface area contributed by atoms with Crippen LogP contribution in [-0.2, 0) is 0 Å². The number of rotatable bonds is 4. The molecule has 1 rings (SSSR count). The molecule has 1 fully saturated rings. The van der Waals surface area contributed by atoms with E-state index in [4.69, 9.17) is 0 Å². The highest BCUT2D eigenvalue weighted by Gasteiger charge is 2.36. The summed E-state index contributed by atoms with van der Waals surface area (Å²) in [5, 5.41) is 13.5. The lowest BCUT2D eigenvalue weighted by Gasteiger charge is -2.36. The summed E-state index contributed by atoms with van der Waals surface area (Å²) in [6.07, 6.45) is 7.17. The third kappa shape index (κ3) is 4.24. The first kappa shape index (κ1) is 16.0. The van der Waals surface area contributed by atoms with E-state index in [1.54, 1.807) is 0 Å². The maximum Gasteiger partial charge on any atom is 0.0613 e. The van der Waals surface area contributed by atoms with E-state index in [-0.39, 0.29) is 12.1 Å². The van der Waals surface area contributed by atoms with Crippen molar-refractivity contribution in [2.24, 2.45) is 11.3 Å². The Labute approximate surface area is 114 Å². The molecule has 2 nitrogen and oxygen atoms in total. The molecule has 18 heavy (non-hydrogen) atoms. The summed E-state index contributed by atoms with van der Waals surface area (Å²) in [5.41, 5.74) is 0.386. The van der Waals surface area contributed by atoms with Crippen molar-refractivity contribution in [3.8, 4) is 0 Å². The Kier molecular flexibility index (Phi) is 5.67. The van der Waals surface area contributed by atoms with Gasteiger partial charge in [-0.1, -0.05) is 34.1 Å². The van der Waals surface area contributed by atoms with Crippen molar-refractivity contribution in [1.29, 1.82) is 0 Å². The lowest BCUT2D eigenvalue weighted by molar-refractivity contribution is 0.126. The molecule has 0 saturated heterocycles. The zero-order valence-corrected chi connectivity index (χ0v) is 13.1. The van der Waals surface area contributed by atoms with Crippen LogP contribution in [0.25, 0.3) is 0 Å². The molecule has 1 aliphatic carbocycles. The van der Waals surface area contributed by atoms with Gasteiger partial charge in [0.2, 0.25) is 0 Å². The molecule has 0 bridgehead atoms. The van der Waals surface area contributed by atoms with Crippen LogP contribution >= 0.6 is 0 Å². The van der Waals surface area contributed by atoms with Crippen LogP contribution in [0.2, 0.25) is 0 Å². The third-order valence-corrected chi connectivity index (χ3v) is 4.87. The Hall–Kier alpha value is -0.0800. The van der Waals surface area contributed by atoms with Crippen LogP contribution in [0.15, 0.2) is 0 Å². The summed E-state index contributed by atoms with van der Waals surface area (Å²) in [7, 11) is 0. The van der Waals surface area contributed by atoms with Crippen molar-refractivity contribution in [3.05, 3.63) is 0 Å². The minimum atomic E-state index is -0.0184. The molecule has 0 aromatic rings. The van der Waals surface area contributed by atoms with Gasteiger partial charge in [0.1, 0.15) is 0 Å². The Balaban J connectivity index is 2.67. The van der Waals surface area contributed by atoms with Crippen LogP contribution in [-0.4, -0.2) is 23.3 Å². The second kappa shape index (κ2) is 6.38. The van der Waals surface area contributed by atoms with E-state index in [2.05, 4.69) is 39.9 Å². The number of hydrogen-bond acceptors (Lipinski definition) is 2. The van der Waals surface area contributed by atoms with E-state index in [9.17, 15) is 5.11 Å². The number of aliphatic hydroxyl groups is 1. The van der Waals surface area contributed by atoms with Gasteiger partial charge in [0.15, 0.2) is 0 Å². The molecule has 0 amide bonds. The van der Waals surface area contributed by atoms with E-state index >= 15 is 0 Å². The van der Waals surface area contributed by atoms with E-state index in [0.717, 1.165) is 25.2 Å². The van der Waals surface area contributed by atoms with Gasteiger partial charge in [-0.15, -0.1) is 0 Å². The molecule has 0 aromatic heterocycles. The maximum atomic E-state index is 9.84. The highest BCUT2D eigenvalue weighted by Crippen LogP contribution is 2.39. The molecule has 3 atom stereocenters. The largest absolute Gasteiger partial charge is 0.394 e. The second-order valence-corrected chi connectivity index (χ2v) is 7.39. The smallest absolute Gasteiger partial charge is 0.0613 e. The fraction of sp³-hybridized carbons (Fsp3) is 1.00. The predicted octanol–water partition coefficient (Wildman–Crippen LogP) is 3.73. The summed E-state index contributed by atoms with van der Waals surface area (Å²) >= 11 is 0. The van der Waals surface area contributed by atoms with Crippen LogP contribution in [0.3, 0.4) is 0 Å². The summed E-state index contributed by atoms with van der Waals surface area (Å²) in [5.74, 6) is 0.796. The Morgan fingerprint density at radius 1 is 1.28 bits per heavy atom. The minimum absolute atomic E-state index is 0.0184. The molecule has 108 valence electrons. The van der Waals surface area contributed by atoms with Crippen molar-refractivity contribution < 1.29 is 5.11 Å². The summed E-state index contributed by atoms with van der Waals surface area (Å²) in [6.45, 7) is 11.8. The van der Waals surface area contributed by atoms with Gasteiger partial charge in [0.25, 0.3) is 0 Å². The van der Waals surface area contributed by atoms with Crippen LogP contribution in [0.4, 0.5) is 0 Å². The number of nitrogens with one attached hydrogen (secondary N) is 1. The zero-order valence-electron chi connectivity index (χ0n) is 13.1. The van der Waals surface area contributed by atoms with E-state index in [0.29, 0.717) is 11.5 Å². The van der Waals surface area contributed by atoms with E-state index in [1.807, 2.05) is 0 Å². The predicted molar refractivity (Wildman–Crippen MR) is 78.7 cm³/mol. The molecule has 0 radical (unpaired) electrons. The SMILES string of the molecule is CCC(C)NC1(CO)CCCC(C(C)(C)C)CC1. The van der Waals surface area contributed by atoms with Crippen molar-refractivity contribution >= 4 is 0 Å². The first-order chi connectivity index (χ1) is 8.33. The third-order valence-electron chi connectivity index (χ3n) is 4.87. The van der Waals surface area contributed by atoms with Crippen LogP contribution < -0.4 is 5.32 Å². The van der Waals surface area contributed by atoms with Gasteiger partial charge in [0.05, 0.1) is 6.61 Å². The first-order valence-corrected chi connectivity index (χ1v) is 7.71. The van der Waals surface area contributed by atoms with Crippen LogP contribution in [0, 0.1) is 11.3 Å². The Morgan fingerprint density at radius 2 is 1.94 bits per heavy atom. The minimum Gasteiger partial charge on any atom is -0.394 e. The molecule has 0 aromatic carbocycles. The molecule has 2 N–H and O–H groups in total. The topological polar surface area (TPSA) is 32.3 Å². The van der Waals surface area contributed by atoms with Crippen molar-refractivity contribution in [2.75, 3.05) is 6.61 Å². The lowest BCUT2D eigenvalue weighted by Crippen LogP contribution is -2.51. The Bertz CT molecular complexity index is 246. The molecule has 3 unspecified atom stereocenters. The van der Waals surface area contributed by atoms with Gasteiger partial charge in [-0.25, -0.2) is 0 Å². The molecule has 2 heteroatoms. The molecular formula is C16H33NO. The van der Waals surface area contributed by atoms with Gasteiger partial charge in [0, 0.05) is 11.6 Å². The van der Waals surface area contributed by atoms with Gasteiger partial charge in [-0.05, 0) is 50.4 Å². The highest BCUT2D eigenvalue weighted by atomic mass is 16.3. The average molecular weight is 255 g/mol. The maximum absolute atomic E-state index is 9.84. The quantitative estimate of drug-likeness (QED) is 0.750. The molecule has 0 heterocycles. The van der Waals surface area contributed by atoms with Gasteiger partial charge in [-0.2, -0.15) is 0 Å². The average Bonchev–Trinajstić information content (AvgIpc) is 2.51. The van der Waals surface area contributed by atoms with Crippen molar-refractivity contribution in [1.82, 2.24) is 5.32 Å². The monoisotopic (exact) mass is 255 g/mol. The normalized spacial score (nSPS) is 32.0. The van der Waals surface area contributed by atoms with E-state index in [1.165, 1.54) is 19.3 Å². The van der Waals surface area contributed by atoms with Crippen molar-refractivity contribution in [3.63, 3.8) is 0 Å². The lowest BCUT2D eigenvalue weighted by atomic mass is 9.76. The fourth-order valence-electron chi connectivity index (χ4n) is 3.25. The molecule has 0 spiro atoms. The summed E-state index contributed by atoms with van der Waals surface area (Å²) in [6, 6.07) is 0.503. The van der Waals surface area contributed by atoms with Crippen LogP contribution in [0.1, 0.15) is 73.1 Å². The summed E-state index contributed by atoms with van der Waals surface area (Å²) < 4.78 is 0. The number of aliphatic hydroxyl groups excluding tert-OH is 1. The second-order valence-electron chi connectivity index (χ2n) is 7.39. The molecule has 1 saturated carbocycles. The molecule has 1 aliphatic rings. The molecule has 0 aliphatic heterocycles. The van der Waals surface area contributed by atoms with Gasteiger partial charge < -0.3 is 10.4 Å². The number of hydrogen-bond donors (Lipinski definition) is 2. The fourth-order valence-corrected chi connectivity index (χ4v) is 3.25. The van der Waals surface area contributed by atoms with Crippen LogP contribution in [0.5, 0.6) is 0 Å². The molecular weight excluding hydrogens is 222 g/mol. The standard InChI is InChI=1S/C16H33NO/c1-6-13(2)17-16(12-18)10-7-8-14(9-11-16)15(3,4)5/h13-14,17-18H,6-12H2,1-5H3. The first-order valence-electron chi connectivity index (χ1n) is 7.71. The van der Waals surface area contributed by atoms with Gasteiger partial charge >= 0.3 is 0 Å². The van der Waals surface area contributed by atoms with Gasteiger partial charge in [-0.3, -0.25) is 0 Å². The Morgan fingerprint density at radius 3 is 2.44 bits per heavy atom.